The zero-order valence-electron chi connectivity index (χ0n) is 7.64. The van der Waals surface area contributed by atoms with Gasteiger partial charge in [0.15, 0.2) is 11.5 Å². The van der Waals surface area contributed by atoms with Gasteiger partial charge in [0, 0.05) is 19.4 Å². The van der Waals surface area contributed by atoms with Crippen molar-refractivity contribution in [3.63, 3.8) is 0 Å². The minimum atomic E-state index is 0.410. The fourth-order valence-corrected chi connectivity index (χ4v) is 1.24. The summed E-state index contributed by atoms with van der Waals surface area (Å²) < 4.78 is 6.76. The van der Waals surface area contributed by atoms with E-state index in [0.29, 0.717) is 17.8 Å². The van der Waals surface area contributed by atoms with Crippen molar-refractivity contribution in [1.29, 1.82) is 5.26 Å². The number of nitrogens with zero attached hydrogens (tertiary/aromatic N) is 4. The Bertz CT molecular complexity index is 497. The molecule has 0 atom stereocenters. The van der Waals surface area contributed by atoms with Crippen molar-refractivity contribution in [2.24, 2.45) is 0 Å². The average Bonchev–Trinajstić information content (AvgIpc) is 2.61. The summed E-state index contributed by atoms with van der Waals surface area (Å²) in [4.78, 5) is 0. The summed E-state index contributed by atoms with van der Waals surface area (Å²) in [6, 6.07) is 5.45. The first kappa shape index (κ1) is 8.66. The predicted molar refractivity (Wildman–Crippen MR) is 48.4 cm³/mol. The van der Waals surface area contributed by atoms with Crippen LogP contribution in [-0.2, 0) is 11.3 Å². The number of ether oxygens (including phenoxy) is 1. The minimum Gasteiger partial charge on any atom is -0.377 e. The van der Waals surface area contributed by atoms with Crippen LogP contribution in [0.1, 0.15) is 11.4 Å². The Kier molecular flexibility index (Phi) is 2.13. The predicted octanol–water partition coefficient (Wildman–Crippen LogP) is 0.747. The average molecular weight is 188 g/mol. The van der Waals surface area contributed by atoms with Crippen molar-refractivity contribution >= 4 is 5.65 Å². The van der Waals surface area contributed by atoms with Crippen molar-refractivity contribution in [3.8, 4) is 6.07 Å². The Hall–Kier alpha value is -1.93. The lowest BCUT2D eigenvalue weighted by Crippen LogP contribution is -1.96. The van der Waals surface area contributed by atoms with Gasteiger partial charge in [-0.05, 0) is 6.07 Å². The molecule has 0 unspecified atom stereocenters. The Morgan fingerprint density at radius 3 is 3.14 bits per heavy atom. The van der Waals surface area contributed by atoms with E-state index in [4.69, 9.17) is 10.00 Å². The molecule has 2 aromatic rings. The lowest BCUT2D eigenvalue weighted by Gasteiger charge is -1.97. The topological polar surface area (TPSA) is 63.2 Å². The second kappa shape index (κ2) is 3.44. The standard InChI is InChI=1S/C9H8N4O/c1-14-6-9-12-11-8-4-7(5-10)2-3-13(8)9/h2-4H,6H2,1H3. The molecule has 0 saturated carbocycles. The van der Waals surface area contributed by atoms with E-state index in [9.17, 15) is 0 Å². The third-order valence-electron chi connectivity index (χ3n) is 1.88. The van der Waals surface area contributed by atoms with Crippen LogP contribution >= 0.6 is 0 Å². The van der Waals surface area contributed by atoms with Gasteiger partial charge in [0.1, 0.15) is 6.61 Å². The fraction of sp³-hybridized carbons (Fsp3) is 0.222. The molecule has 0 spiro atoms. The van der Waals surface area contributed by atoms with Gasteiger partial charge in [0.25, 0.3) is 0 Å². The third-order valence-corrected chi connectivity index (χ3v) is 1.88. The normalized spacial score (nSPS) is 10.3. The number of rotatable bonds is 2. The van der Waals surface area contributed by atoms with Crippen LogP contribution in [0.4, 0.5) is 0 Å². The molecule has 70 valence electrons. The summed E-state index contributed by atoms with van der Waals surface area (Å²) in [5.74, 6) is 0.729. The van der Waals surface area contributed by atoms with Gasteiger partial charge in [0.2, 0.25) is 0 Å². The van der Waals surface area contributed by atoms with E-state index in [1.54, 1.807) is 29.8 Å². The van der Waals surface area contributed by atoms with E-state index in [1.165, 1.54) is 0 Å². The quantitative estimate of drug-likeness (QED) is 0.697. The van der Waals surface area contributed by atoms with Gasteiger partial charge in [-0.1, -0.05) is 0 Å². The molecule has 0 amide bonds. The Morgan fingerprint density at radius 1 is 1.57 bits per heavy atom. The zero-order valence-corrected chi connectivity index (χ0v) is 7.64. The van der Waals surface area contributed by atoms with E-state index >= 15 is 0 Å². The van der Waals surface area contributed by atoms with Crippen LogP contribution in [0.5, 0.6) is 0 Å². The highest BCUT2D eigenvalue weighted by Gasteiger charge is 2.04. The highest BCUT2D eigenvalue weighted by molar-refractivity contribution is 5.45. The molecule has 0 N–H and O–H groups in total. The SMILES string of the molecule is COCc1nnc2cc(C#N)ccn12. The Morgan fingerprint density at radius 2 is 2.43 bits per heavy atom. The molecule has 5 heteroatoms. The number of fused-ring (bicyclic) bond motifs is 1. The van der Waals surface area contributed by atoms with Crippen LogP contribution in [0.25, 0.3) is 5.65 Å². The van der Waals surface area contributed by atoms with Crippen LogP contribution in [0.3, 0.4) is 0 Å². The smallest absolute Gasteiger partial charge is 0.163 e. The molecule has 0 aliphatic rings. The molecule has 14 heavy (non-hydrogen) atoms. The first-order valence-corrected chi connectivity index (χ1v) is 4.08. The number of aromatic nitrogens is 3. The maximum atomic E-state index is 8.68. The summed E-state index contributed by atoms with van der Waals surface area (Å²) in [5, 5.41) is 16.5. The third kappa shape index (κ3) is 1.32. The first-order chi connectivity index (χ1) is 6.85. The van der Waals surface area contributed by atoms with E-state index < -0.39 is 0 Å². The lowest BCUT2D eigenvalue weighted by atomic mass is 10.3. The van der Waals surface area contributed by atoms with Gasteiger partial charge in [0.05, 0.1) is 11.6 Å². The van der Waals surface area contributed by atoms with Crippen molar-refractivity contribution in [2.75, 3.05) is 7.11 Å². The Labute approximate surface area is 80.6 Å². The molecule has 0 aromatic carbocycles. The number of nitriles is 1. The van der Waals surface area contributed by atoms with E-state index in [0.717, 1.165) is 5.82 Å². The van der Waals surface area contributed by atoms with Crippen molar-refractivity contribution in [1.82, 2.24) is 14.6 Å². The van der Waals surface area contributed by atoms with Crippen LogP contribution in [-0.4, -0.2) is 21.7 Å². The second-order valence-electron chi connectivity index (χ2n) is 2.80. The monoisotopic (exact) mass is 188 g/mol. The summed E-state index contributed by atoms with van der Waals surface area (Å²) in [6.07, 6.45) is 1.77. The first-order valence-electron chi connectivity index (χ1n) is 4.08. The van der Waals surface area contributed by atoms with Crippen LogP contribution < -0.4 is 0 Å². The number of pyridine rings is 1. The lowest BCUT2D eigenvalue weighted by molar-refractivity contribution is 0.177. The summed E-state index contributed by atoms with van der Waals surface area (Å²) >= 11 is 0. The molecule has 0 saturated heterocycles. The molecule has 2 aromatic heterocycles. The second-order valence-corrected chi connectivity index (χ2v) is 2.80. The zero-order chi connectivity index (χ0) is 9.97. The summed E-state index contributed by atoms with van der Waals surface area (Å²) in [6.45, 7) is 0.410. The van der Waals surface area contributed by atoms with Gasteiger partial charge < -0.3 is 4.74 Å². The van der Waals surface area contributed by atoms with Gasteiger partial charge >= 0.3 is 0 Å². The largest absolute Gasteiger partial charge is 0.377 e. The molecule has 5 nitrogen and oxygen atoms in total. The van der Waals surface area contributed by atoms with Crippen LogP contribution in [0.15, 0.2) is 18.3 Å². The fourth-order valence-electron chi connectivity index (χ4n) is 1.24. The highest BCUT2D eigenvalue weighted by atomic mass is 16.5. The van der Waals surface area contributed by atoms with Gasteiger partial charge in [-0.15, -0.1) is 10.2 Å². The van der Waals surface area contributed by atoms with Gasteiger partial charge in [-0.25, -0.2) is 0 Å². The Balaban J connectivity index is 2.55. The molecular weight excluding hydrogens is 180 g/mol. The number of hydrogen-bond donors (Lipinski definition) is 0. The van der Waals surface area contributed by atoms with Crippen molar-refractivity contribution in [2.45, 2.75) is 6.61 Å². The van der Waals surface area contributed by atoms with Gasteiger partial charge in [-0.3, -0.25) is 4.40 Å². The maximum Gasteiger partial charge on any atom is 0.163 e. The summed E-state index contributed by atoms with van der Waals surface area (Å²) in [7, 11) is 1.60. The van der Waals surface area contributed by atoms with E-state index in [1.807, 2.05) is 6.07 Å². The minimum absolute atomic E-state index is 0.410. The molecule has 0 aliphatic heterocycles. The van der Waals surface area contributed by atoms with Gasteiger partial charge in [-0.2, -0.15) is 5.26 Å². The number of methoxy groups -OCH3 is 1. The van der Waals surface area contributed by atoms with E-state index in [-0.39, 0.29) is 0 Å². The van der Waals surface area contributed by atoms with Crippen LogP contribution in [0.2, 0.25) is 0 Å². The molecular formula is C9H8N4O. The van der Waals surface area contributed by atoms with Crippen molar-refractivity contribution < 1.29 is 4.74 Å². The molecule has 0 fully saturated rings. The number of hydrogen-bond acceptors (Lipinski definition) is 4. The molecule has 0 bridgehead atoms. The molecule has 2 heterocycles. The van der Waals surface area contributed by atoms with E-state index in [2.05, 4.69) is 10.2 Å². The summed E-state index contributed by atoms with van der Waals surface area (Å²) in [5.41, 5.74) is 1.24. The van der Waals surface area contributed by atoms with Crippen molar-refractivity contribution in [3.05, 3.63) is 29.7 Å². The molecule has 0 aliphatic carbocycles. The van der Waals surface area contributed by atoms with Crippen LogP contribution in [0, 0.1) is 11.3 Å². The molecule has 2 rings (SSSR count). The molecule has 0 radical (unpaired) electrons. The maximum absolute atomic E-state index is 8.68. The highest BCUT2D eigenvalue weighted by Crippen LogP contribution is 2.06.